The number of benzene rings is 2. The van der Waals surface area contributed by atoms with E-state index in [1.807, 2.05) is 12.1 Å². The van der Waals surface area contributed by atoms with Crippen LogP contribution in [0, 0.1) is 0 Å². The summed E-state index contributed by atoms with van der Waals surface area (Å²) in [5, 5.41) is 1.68. The van der Waals surface area contributed by atoms with Crippen LogP contribution in [-0.2, 0) is 20.7 Å². The van der Waals surface area contributed by atoms with Crippen LogP contribution in [0.5, 0.6) is 0 Å². The lowest BCUT2D eigenvalue weighted by molar-refractivity contribution is 0.293. The fraction of sp³-hybridized carbons (Fsp3) is 0.250. The average Bonchev–Trinajstić information content (AvgIpc) is 2.46. The van der Waals surface area contributed by atoms with Crippen LogP contribution in [0.1, 0.15) is 17.0 Å². The molecule has 3 nitrogen and oxygen atoms in total. The Kier molecular flexibility index (Phi) is 6.34. The minimum Gasteiger partial charge on any atom is -0.270 e. The van der Waals surface area contributed by atoms with Crippen LogP contribution in [-0.4, -0.2) is 21.3 Å². The molecule has 1 atom stereocenters. The van der Waals surface area contributed by atoms with Crippen molar-refractivity contribution in [1.82, 2.24) is 0 Å². The zero-order valence-electron chi connectivity index (χ0n) is 12.3. The predicted octanol–water partition coefficient (Wildman–Crippen LogP) is 4.95. The Hall–Kier alpha value is -0.780. The summed E-state index contributed by atoms with van der Waals surface area (Å²) in [6.07, 6.45) is 1.48. The summed E-state index contributed by atoms with van der Waals surface area (Å²) in [5.41, 5.74) is 1.65. The first-order valence-electron chi connectivity index (χ1n) is 6.79. The van der Waals surface area contributed by atoms with Crippen molar-refractivity contribution in [2.24, 2.45) is 0 Å². The largest absolute Gasteiger partial charge is 0.270 e. The van der Waals surface area contributed by atoms with Gasteiger partial charge >= 0.3 is 0 Å². The topological polar surface area (TPSA) is 43.4 Å². The third-order valence-electron chi connectivity index (χ3n) is 3.34. The van der Waals surface area contributed by atoms with Gasteiger partial charge in [-0.25, -0.2) is 0 Å². The molecule has 0 bridgehead atoms. The second-order valence-electron chi connectivity index (χ2n) is 5.14. The van der Waals surface area contributed by atoms with Gasteiger partial charge in [-0.15, -0.1) is 0 Å². The standard InChI is InChI=1S/C16H15Cl3O3S/c1-23(20,21)22-10-12(11-5-7-13(17)8-6-11)9-14-15(18)3-2-4-16(14)19/h2-8,12H,9-10H2,1H3/t12-/m1/s1. The van der Waals surface area contributed by atoms with Gasteiger partial charge in [0.25, 0.3) is 10.1 Å². The summed E-state index contributed by atoms with van der Waals surface area (Å²) in [7, 11) is -3.54. The molecule has 2 rings (SSSR count). The Morgan fingerprint density at radius 1 is 1.00 bits per heavy atom. The molecule has 124 valence electrons. The normalized spacial score (nSPS) is 13.0. The van der Waals surface area contributed by atoms with Gasteiger partial charge in [0.1, 0.15) is 0 Å². The Morgan fingerprint density at radius 2 is 1.57 bits per heavy atom. The molecular weight excluding hydrogens is 379 g/mol. The molecule has 0 fully saturated rings. The maximum Gasteiger partial charge on any atom is 0.264 e. The lowest BCUT2D eigenvalue weighted by atomic mass is 9.92. The van der Waals surface area contributed by atoms with Crippen LogP contribution in [0.4, 0.5) is 0 Å². The minimum absolute atomic E-state index is 0.00200. The van der Waals surface area contributed by atoms with E-state index >= 15 is 0 Å². The highest BCUT2D eigenvalue weighted by Gasteiger charge is 2.19. The molecular formula is C16H15Cl3O3S. The SMILES string of the molecule is CS(=O)(=O)OC[C@@H](Cc1c(Cl)cccc1Cl)c1ccc(Cl)cc1. The average molecular weight is 394 g/mol. The molecule has 2 aromatic rings. The van der Waals surface area contributed by atoms with Crippen LogP contribution in [0.15, 0.2) is 42.5 Å². The molecule has 2 aromatic carbocycles. The van der Waals surface area contributed by atoms with Gasteiger partial charge in [-0.05, 0) is 41.8 Å². The van der Waals surface area contributed by atoms with E-state index in [9.17, 15) is 8.42 Å². The lowest BCUT2D eigenvalue weighted by Gasteiger charge is -2.18. The summed E-state index contributed by atoms with van der Waals surface area (Å²) < 4.78 is 27.6. The van der Waals surface area contributed by atoms with E-state index in [0.29, 0.717) is 21.5 Å². The fourth-order valence-electron chi connectivity index (χ4n) is 2.19. The molecule has 0 spiro atoms. The van der Waals surface area contributed by atoms with Crippen molar-refractivity contribution >= 4 is 44.9 Å². The van der Waals surface area contributed by atoms with Gasteiger partial charge in [-0.1, -0.05) is 53.0 Å². The minimum atomic E-state index is -3.54. The van der Waals surface area contributed by atoms with Gasteiger partial charge in [0.05, 0.1) is 12.9 Å². The third-order valence-corrected chi connectivity index (χ3v) is 4.86. The Bertz CT molecular complexity index is 753. The van der Waals surface area contributed by atoms with Gasteiger partial charge in [0, 0.05) is 21.0 Å². The molecule has 7 heteroatoms. The Balaban J connectivity index is 2.31. The number of hydrogen-bond acceptors (Lipinski definition) is 3. The molecule has 23 heavy (non-hydrogen) atoms. The summed E-state index contributed by atoms with van der Waals surface area (Å²) in [6.45, 7) is 0.00200. The van der Waals surface area contributed by atoms with Crippen molar-refractivity contribution in [2.45, 2.75) is 12.3 Å². The number of halogens is 3. The number of hydrogen-bond donors (Lipinski definition) is 0. The van der Waals surface area contributed by atoms with Gasteiger partial charge in [-0.2, -0.15) is 8.42 Å². The Labute approximate surface area is 151 Å². The zero-order chi connectivity index (χ0) is 17.0. The van der Waals surface area contributed by atoms with E-state index in [0.717, 1.165) is 17.4 Å². The van der Waals surface area contributed by atoms with Crippen molar-refractivity contribution in [3.63, 3.8) is 0 Å². The highest BCUT2D eigenvalue weighted by Crippen LogP contribution is 2.31. The van der Waals surface area contributed by atoms with Crippen LogP contribution in [0.3, 0.4) is 0 Å². The highest BCUT2D eigenvalue weighted by molar-refractivity contribution is 7.85. The van der Waals surface area contributed by atoms with Crippen molar-refractivity contribution in [2.75, 3.05) is 12.9 Å². The first kappa shape index (κ1) is 18.6. The summed E-state index contributed by atoms with van der Waals surface area (Å²) in [6, 6.07) is 12.4. The van der Waals surface area contributed by atoms with Gasteiger partial charge in [0.15, 0.2) is 0 Å². The van der Waals surface area contributed by atoms with Crippen LogP contribution in [0.25, 0.3) is 0 Å². The molecule has 0 aliphatic heterocycles. The molecule has 0 aromatic heterocycles. The molecule has 0 saturated carbocycles. The molecule has 0 aliphatic rings. The zero-order valence-corrected chi connectivity index (χ0v) is 15.4. The van der Waals surface area contributed by atoms with Gasteiger partial charge in [-0.3, -0.25) is 4.18 Å². The Morgan fingerprint density at radius 3 is 2.09 bits per heavy atom. The first-order valence-corrected chi connectivity index (χ1v) is 9.74. The van der Waals surface area contributed by atoms with E-state index in [-0.39, 0.29) is 12.5 Å². The molecule has 0 aliphatic carbocycles. The quantitative estimate of drug-likeness (QED) is 0.652. The fourth-order valence-corrected chi connectivity index (χ4v) is 3.28. The molecule has 0 saturated heterocycles. The van der Waals surface area contributed by atoms with Crippen molar-refractivity contribution < 1.29 is 12.6 Å². The molecule has 0 unspecified atom stereocenters. The van der Waals surface area contributed by atoms with Crippen molar-refractivity contribution in [3.8, 4) is 0 Å². The smallest absolute Gasteiger partial charge is 0.264 e. The molecule has 0 heterocycles. The highest BCUT2D eigenvalue weighted by atomic mass is 35.5. The van der Waals surface area contributed by atoms with Crippen molar-refractivity contribution in [1.29, 1.82) is 0 Å². The number of rotatable bonds is 6. The van der Waals surface area contributed by atoms with E-state index in [1.165, 1.54) is 0 Å². The van der Waals surface area contributed by atoms with E-state index in [1.54, 1.807) is 30.3 Å². The monoisotopic (exact) mass is 392 g/mol. The van der Waals surface area contributed by atoms with E-state index in [4.69, 9.17) is 39.0 Å². The van der Waals surface area contributed by atoms with Crippen LogP contribution < -0.4 is 0 Å². The van der Waals surface area contributed by atoms with Crippen LogP contribution in [0.2, 0.25) is 15.1 Å². The second kappa shape index (κ2) is 7.86. The van der Waals surface area contributed by atoms with E-state index in [2.05, 4.69) is 0 Å². The first-order chi connectivity index (χ1) is 10.8. The van der Waals surface area contributed by atoms with Crippen molar-refractivity contribution in [3.05, 3.63) is 68.7 Å². The lowest BCUT2D eigenvalue weighted by Crippen LogP contribution is -2.15. The molecule has 0 amide bonds. The maximum absolute atomic E-state index is 11.3. The third kappa shape index (κ3) is 5.66. The summed E-state index contributed by atoms with van der Waals surface area (Å²) in [5.74, 6) is -0.223. The summed E-state index contributed by atoms with van der Waals surface area (Å²) >= 11 is 18.3. The second-order valence-corrected chi connectivity index (χ2v) is 8.04. The summed E-state index contributed by atoms with van der Waals surface area (Å²) in [4.78, 5) is 0. The van der Waals surface area contributed by atoms with Gasteiger partial charge in [0.2, 0.25) is 0 Å². The van der Waals surface area contributed by atoms with Gasteiger partial charge < -0.3 is 0 Å². The van der Waals surface area contributed by atoms with E-state index < -0.39 is 10.1 Å². The maximum atomic E-state index is 11.3. The molecule has 0 N–H and O–H groups in total. The predicted molar refractivity (Wildman–Crippen MR) is 95.2 cm³/mol. The van der Waals surface area contributed by atoms with Crippen LogP contribution >= 0.6 is 34.8 Å². The molecule has 0 radical (unpaired) electrons.